The molecule has 1 aliphatic heterocycles. The van der Waals surface area contributed by atoms with Crippen molar-refractivity contribution in [3.63, 3.8) is 0 Å². The quantitative estimate of drug-likeness (QED) is 0.676. The lowest BCUT2D eigenvalue weighted by molar-refractivity contribution is 0.157. The molecule has 2 rings (SSSR count). The molecule has 0 spiro atoms. The van der Waals surface area contributed by atoms with Gasteiger partial charge >= 0.3 is 6.03 Å². The molecule has 2 amide bonds. The minimum Gasteiger partial charge on any atom is -0.395 e. The molecule has 1 fully saturated rings. The van der Waals surface area contributed by atoms with Crippen LogP contribution in [0.25, 0.3) is 0 Å². The summed E-state index contributed by atoms with van der Waals surface area (Å²) < 4.78 is 13.2. The summed E-state index contributed by atoms with van der Waals surface area (Å²) in [5, 5.41) is 14.7. The number of unbranched alkanes of at least 4 members (excludes halogenated alkanes) is 1. The molecule has 0 bridgehead atoms. The summed E-state index contributed by atoms with van der Waals surface area (Å²) in [6.45, 7) is 4.64. The zero-order chi connectivity index (χ0) is 16.7. The SMILES string of the molecule is Cc1ccc(F)cc1NC(=O)NCCCCN1CCCC1CO. The Morgan fingerprint density at radius 2 is 2.26 bits per heavy atom. The second kappa shape index (κ2) is 8.84. The lowest BCUT2D eigenvalue weighted by Crippen LogP contribution is -2.34. The monoisotopic (exact) mass is 323 g/mol. The first-order valence-corrected chi connectivity index (χ1v) is 8.26. The maximum Gasteiger partial charge on any atom is 0.319 e. The molecule has 1 aliphatic rings. The summed E-state index contributed by atoms with van der Waals surface area (Å²) >= 11 is 0. The maximum atomic E-state index is 13.2. The van der Waals surface area contributed by atoms with Crippen LogP contribution in [-0.2, 0) is 0 Å². The van der Waals surface area contributed by atoms with E-state index in [1.54, 1.807) is 6.07 Å². The molecule has 0 saturated carbocycles. The van der Waals surface area contributed by atoms with Gasteiger partial charge in [-0.3, -0.25) is 4.90 Å². The van der Waals surface area contributed by atoms with Crippen LogP contribution in [0.1, 0.15) is 31.2 Å². The van der Waals surface area contributed by atoms with Gasteiger partial charge in [0, 0.05) is 18.3 Å². The largest absolute Gasteiger partial charge is 0.395 e. The molecule has 5 nitrogen and oxygen atoms in total. The lowest BCUT2D eigenvalue weighted by atomic mass is 10.2. The third-order valence-electron chi connectivity index (χ3n) is 4.32. The molecule has 0 aromatic heterocycles. The van der Waals surface area contributed by atoms with Gasteiger partial charge in [0.05, 0.1) is 6.61 Å². The average Bonchev–Trinajstić information content (AvgIpc) is 2.98. The topological polar surface area (TPSA) is 64.6 Å². The number of carbonyl (C=O) groups is 1. The number of rotatable bonds is 7. The van der Waals surface area contributed by atoms with E-state index in [-0.39, 0.29) is 18.5 Å². The number of urea groups is 1. The van der Waals surface area contributed by atoms with Crippen molar-refractivity contribution in [3.8, 4) is 0 Å². The Labute approximate surface area is 136 Å². The third-order valence-corrected chi connectivity index (χ3v) is 4.32. The molecule has 0 radical (unpaired) electrons. The van der Waals surface area contributed by atoms with Gasteiger partial charge in [0.15, 0.2) is 0 Å². The van der Waals surface area contributed by atoms with Crippen molar-refractivity contribution in [1.29, 1.82) is 0 Å². The number of nitrogens with one attached hydrogen (secondary N) is 2. The predicted molar refractivity (Wildman–Crippen MR) is 89.1 cm³/mol. The highest BCUT2D eigenvalue weighted by Gasteiger charge is 2.22. The summed E-state index contributed by atoms with van der Waals surface area (Å²) in [5.74, 6) is -0.366. The van der Waals surface area contributed by atoms with E-state index in [0.717, 1.165) is 44.3 Å². The van der Waals surface area contributed by atoms with Gasteiger partial charge in [0.1, 0.15) is 5.82 Å². The van der Waals surface area contributed by atoms with Crippen molar-refractivity contribution in [3.05, 3.63) is 29.6 Å². The first-order chi connectivity index (χ1) is 11.1. The van der Waals surface area contributed by atoms with Gasteiger partial charge in [-0.15, -0.1) is 0 Å². The van der Waals surface area contributed by atoms with E-state index in [1.807, 2.05) is 6.92 Å². The molecule has 1 aromatic carbocycles. The van der Waals surface area contributed by atoms with Crippen LogP contribution in [0, 0.1) is 12.7 Å². The van der Waals surface area contributed by atoms with E-state index >= 15 is 0 Å². The number of aliphatic hydroxyl groups is 1. The zero-order valence-corrected chi connectivity index (χ0v) is 13.6. The van der Waals surface area contributed by atoms with Crippen molar-refractivity contribution in [1.82, 2.24) is 10.2 Å². The second-order valence-corrected chi connectivity index (χ2v) is 6.06. The molecule has 23 heavy (non-hydrogen) atoms. The summed E-state index contributed by atoms with van der Waals surface area (Å²) in [6, 6.07) is 4.32. The number of nitrogens with zero attached hydrogens (tertiary/aromatic N) is 1. The van der Waals surface area contributed by atoms with E-state index < -0.39 is 0 Å². The number of hydrogen-bond acceptors (Lipinski definition) is 3. The highest BCUT2D eigenvalue weighted by atomic mass is 19.1. The number of benzene rings is 1. The van der Waals surface area contributed by atoms with Crippen LogP contribution in [0.15, 0.2) is 18.2 Å². The van der Waals surface area contributed by atoms with E-state index in [9.17, 15) is 14.3 Å². The minimum absolute atomic E-state index is 0.230. The Morgan fingerprint density at radius 1 is 1.43 bits per heavy atom. The lowest BCUT2D eigenvalue weighted by Gasteiger charge is -2.22. The van der Waals surface area contributed by atoms with Gasteiger partial charge in [0.2, 0.25) is 0 Å². The van der Waals surface area contributed by atoms with Crippen LogP contribution < -0.4 is 10.6 Å². The normalized spacial score (nSPS) is 18.1. The molecule has 128 valence electrons. The molecule has 6 heteroatoms. The fourth-order valence-corrected chi connectivity index (χ4v) is 2.93. The van der Waals surface area contributed by atoms with Crippen LogP contribution >= 0.6 is 0 Å². The minimum atomic E-state index is -0.366. The molecule has 0 aliphatic carbocycles. The molecule has 1 heterocycles. The first kappa shape index (κ1) is 17.7. The standard InChI is InChI=1S/C17H26FN3O2/c1-13-6-7-14(18)11-16(13)20-17(23)19-8-2-3-9-21-10-4-5-15(21)12-22/h6-7,11,15,22H,2-5,8-10,12H2,1H3,(H2,19,20,23). The fourth-order valence-electron chi connectivity index (χ4n) is 2.93. The summed E-state index contributed by atoms with van der Waals surface area (Å²) in [7, 11) is 0. The molecular weight excluding hydrogens is 297 g/mol. The number of amides is 2. The van der Waals surface area contributed by atoms with Crippen LogP contribution in [0.2, 0.25) is 0 Å². The molecule has 1 atom stereocenters. The Hall–Kier alpha value is -1.66. The number of hydrogen-bond donors (Lipinski definition) is 3. The van der Waals surface area contributed by atoms with E-state index in [1.165, 1.54) is 12.1 Å². The van der Waals surface area contributed by atoms with Gasteiger partial charge in [-0.2, -0.15) is 0 Å². The predicted octanol–water partition coefficient (Wildman–Crippen LogP) is 2.49. The highest BCUT2D eigenvalue weighted by Crippen LogP contribution is 2.17. The summed E-state index contributed by atoms with van der Waals surface area (Å²) in [6.07, 6.45) is 4.09. The van der Waals surface area contributed by atoms with Crippen molar-refractivity contribution in [2.45, 2.75) is 38.6 Å². The number of likely N-dealkylation sites (tertiary alicyclic amines) is 1. The Morgan fingerprint density at radius 3 is 3.04 bits per heavy atom. The van der Waals surface area contributed by atoms with Crippen molar-refractivity contribution >= 4 is 11.7 Å². The van der Waals surface area contributed by atoms with Crippen LogP contribution in [0.5, 0.6) is 0 Å². The van der Waals surface area contributed by atoms with E-state index in [4.69, 9.17) is 0 Å². The van der Waals surface area contributed by atoms with Crippen molar-refractivity contribution in [2.75, 3.05) is 31.6 Å². The van der Waals surface area contributed by atoms with Crippen molar-refractivity contribution < 1.29 is 14.3 Å². The smallest absolute Gasteiger partial charge is 0.319 e. The van der Waals surface area contributed by atoms with Gasteiger partial charge < -0.3 is 15.7 Å². The molecule has 1 unspecified atom stereocenters. The number of aryl methyl sites for hydroxylation is 1. The first-order valence-electron chi connectivity index (χ1n) is 8.26. The summed E-state index contributed by atoms with van der Waals surface area (Å²) in [5.41, 5.74) is 1.32. The number of anilines is 1. The molecule has 1 aromatic rings. The Balaban J connectivity index is 1.62. The van der Waals surface area contributed by atoms with Gasteiger partial charge in [0.25, 0.3) is 0 Å². The van der Waals surface area contributed by atoms with Crippen LogP contribution in [0.4, 0.5) is 14.9 Å². The van der Waals surface area contributed by atoms with Gasteiger partial charge in [-0.05, 0) is 63.4 Å². The van der Waals surface area contributed by atoms with E-state index in [0.29, 0.717) is 18.3 Å². The molecule has 3 N–H and O–H groups in total. The second-order valence-electron chi connectivity index (χ2n) is 6.06. The third kappa shape index (κ3) is 5.48. The van der Waals surface area contributed by atoms with Gasteiger partial charge in [-0.25, -0.2) is 9.18 Å². The molecule has 1 saturated heterocycles. The van der Waals surface area contributed by atoms with Crippen molar-refractivity contribution in [2.24, 2.45) is 0 Å². The maximum absolute atomic E-state index is 13.2. The van der Waals surface area contributed by atoms with Crippen LogP contribution in [-0.4, -0.2) is 48.3 Å². The highest BCUT2D eigenvalue weighted by molar-refractivity contribution is 5.89. The average molecular weight is 323 g/mol. The summed E-state index contributed by atoms with van der Waals surface area (Å²) in [4.78, 5) is 14.1. The number of halogens is 1. The Kier molecular flexibility index (Phi) is 6.80. The Bertz CT molecular complexity index is 525. The number of carbonyl (C=O) groups excluding carboxylic acids is 1. The van der Waals surface area contributed by atoms with E-state index in [2.05, 4.69) is 15.5 Å². The van der Waals surface area contributed by atoms with Gasteiger partial charge in [-0.1, -0.05) is 6.07 Å². The van der Waals surface area contributed by atoms with Crippen LogP contribution in [0.3, 0.4) is 0 Å². The zero-order valence-electron chi connectivity index (χ0n) is 13.6. The number of aliphatic hydroxyl groups excluding tert-OH is 1. The fraction of sp³-hybridized carbons (Fsp3) is 0.588. The molecular formula is C17H26FN3O2.